The molecule has 3 nitrogen and oxygen atoms in total. The van der Waals surface area contributed by atoms with Gasteiger partial charge in [-0.2, -0.15) is 0 Å². The molecule has 0 aliphatic rings. The highest BCUT2D eigenvalue weighted by Crippen LogP contribution is 2.23. The van der Waals surface area contributed by atoms with E-state index in [-0.39, 0.29) is 0 Å². The standard InChI is InChI=1S/C13H17NO2/c1-8(13(14)16)4-5-11-6-9(2)12(15)10(3)7-11/h4,6-7,15H,5H2,1-3H3,(H2,14,16). The molecule has 0 bridgehead atoms. The van der Waals surface area contributed by atoms with Crippen molar-refractivity contribution in [2.75, 3.05) is 0 Å². The number of amides is 1. The highest BCUT2D eigenvalue weighted by Gasteiger charge is 2.03. The summed E-state index contributed by atoms with van der Waals surface area (Å²) in [5, 5.41) is 9.61. The molecular formula is C13H17NO2. The number of hydrogen-bond acceptors (Lipinski definition) is 2. The van der Waals surface area contributed by atoms with Crippen molar-refractivity contribution in [3.8, 4) is 5.75 Å². The molecule has 86 valence electrons. The van der Waals surface area contributed by atoms with Gasteiger partial charge in [0, 0.05) is 5.57 Å². The van der Waals surface area contributed by atoms with Crippen molar-refractivity contribution in [1.29, 1.82) is 0 Å². The van der Waals surface area contributed by atoms with E-state index in [1.807, 2.05) is 26.0 Å². The lowest BCUT2D eigenvalue weighted by molar-refractivity contribution is -0.114. The minimum atomic E-state index is -0.396. The largest absolute Gasteiger partial charge is 0.507 e. The number of carbonyl (C=O) groups is 1. The minimum Gasteiger partial charge on any atom is -0.507 e. The fourth-order valence-corrected chi connectivity index (χ4v) is 1.53. The number of primary amides is 1. The number of aryl methyl sites for hydroxylation is 2. The van der Waals surface area contributed by atoms with Crippen molar-refractivity contribution < 1.29 is 9.90 Å². The third-order valence-electron chi connectivity index (χ3n) is 2.58. The Kier molecular flexibility index (Phi) is 3.72. The van der Waals surface area contributed by atoms with Crippen LogP contribution in [0.1, 0.15) is 23.6 Å². The van der Waals surface area contributed by atoms with E-state index in [1.54, 1.807) is 13.0 Å². The molecule has 0 heterocycles. The minimum absolute atomic E-state index is 0.333. The van der Waals surface area contributed by atoms with Gasteiger partial charge >= 0.3 is 0 Å². The fourth-order valence-electron chi connectivity index (χ4n) is 1.53. The van der Waals surface area contributed by atoms with E-state index in [1.165, 1.54) is 0 Å². The summed E-state index contributed by atoms with van der Waals surface area (Å²) in [6.45, 7) is 5.41. The summed E-state index contributed by atoms with van der Waals surface area (Å²) in [7, 11) is 0. The highest BCUT2D eigenvalue weighted by atomic mass is 16.3. The Labute approximate surface area is 95.6 Å². The van der Waals surface area contributed by atoms with Gasteiger partial charge in [0.15, 0.2) is 0 Å². The summed E-state index contributed by atoms with van der Waals surface area (Å²) in [5.74, 6) is -0.0634. The summed E-state index contributed by atoms with van der Waals surface area (Å²) < 4.78 is 0. The predicted molar refractivity (Wildman–Crippen MR) is 64.2 cm³/mol. The zero-order valence-electron chi connectivity index (χ0n) is 9.87. The van der Waals surface area contributed by atoms with Gasteiger partial charge in [0.2, 0.25) is 5.91 Å². The molecule has 16 heavy (non-hydrogen) atoms. The number of aromatic hydroxyl groups is 1. The summed E-state index contributed by atoms with van der Waals surface area (Å²) >= 11 is 0. The Morgan fingerprint density at radius 3 is 2.31 bits per heavy atom. The van der Waals surface area contributed by atoms with E-state index in [0.717, 1.165) is 16.7 Å². The molecule has 0 unspecified atom stereocenters. The van der Waals surface area contributed by atoms with Gasteiger partial charge in [-0.25, -0.2) is 0 Å². The zero-order valence-corrected chi connectivity index (χ0v) is 9.87. The number of phenolic OH excluding ortho intramolecular Hbond substituents is 1. The van der Waals surface area contributed by atoms with Gasteiger partial charge in [-0.3, -0.25) is 4.79 Å². The summed E-state index contributed by atoms with van der Waals surface area (Å²) in [6.07, 6.45) is 2.45. The molecule has 0 aliphatic carbocycles. The van der Waals surface area contributed by atoms with Gasteiger partial charge in [0.25, 0.3) is 0 Å². The average molecular weight is 219 g/mol. The molecule has 0 fully saturated rings. The second-order valence-corrected chi connectivity index (χ2v) is 4.03. The Morgan fingerprint density at radius 1 is 1.38 bits per heavy atom. The van der Waals surface area contributed by atoms with Crippen LogP contribution in [0, 0.1) is 13.8 Å². The molecule has 1 aromatic carbocycles. The number of allylic oxidation sites excluding steroid dienone is 1. The number of rotatable bonds is 3. The van der Waals surface area contributed by atoms with E-state index in [4.69, 9.17) is 5.73 Å². The first-order valence-electron chi connectivity index (χ1n) is 5.17. The highest BCUT2D eigenvalue weighted by molar-refractivity contribution is 5.91. The third kappa shape index (κ3) is 2.86. The maximum atomic E-state index is 10.8. The second-order valence-electron chi connectivity index (χ2n) is 4.03. The maximum absolute atomic E-state index is 10.8. The molecule has 1 rings (SSSR count). The molecule has 0 aromatic heterocycles. The molecule has 0 saturated carbocycles. The van der Waals surface area contributed by atoms with Gasteiger partial charge < -0.3 is 10.8 Å². The first-order valence-corrected chi connectivity index (χ1v) is 5.17. The number of phenols is 1. The molecule has 3 N–H and O–H groups in total. The quantitative estimate of drug-likeness (QED) is 0.763. The summed E-state index contributed by atoms with van der Waals surface area (Å²) in [4.78, 5) is 10.8. The van der Waals surface area contributed by atoms with Crippen LogP contribution in [0.3, 0.4) is 0 Å². The lowest BCUT2D eigenvalue weighted by Crippen LogP contribution is -2.11. The number of hydrogen-bond donors (Lipinski definition) is 2. The topological polar surface area (TPSA) is 63.3 Å². The van der Waals surface area contributed by atoms with Gasteiger partial charge in [-0.1, -0.05) is 18.2 Å². The van der Waals surface area contributed by atoms with Gasteiger partial charge in [0.05, 0.1) is 0 Å². The molecular weight excluding hydrogens is 202 g/mol. The van der Waals surface area contributed by atoms with E-state index in [0.29, 0.717) is 17.7 Å². The Bertz CT molecular complexity index is 424. The van der Waals surface area contributed by atoms with Crippen LogP contribution in [-0.2, 0) is 11.2 Å². The monoisotopic (exact) mass is 219 g/mol. The SMILES string of the molecule is CC(=CCc1cc(C)c(O)c(C)c1)C(N)=O. The molecule has 3 heteroatoms. The Balaban J connectivity index is 2.91. The number of nitrogens with two attached hydrogens (primary N) is 1. The van der Waals surface area contributed by atoms with Crippen molar-refractivity contribution in [2.45, 2.75) is 27.2 Å². The lowest BCUT2D eigenvalue weighted by Gasteiger charge is -2.06. The van der Waals surface area contributed by atoms with Crippen LogP contribution in [-0.4, -0.2) is 11.0 Å². The van der Waals surface area contributed by atoms with Crippen molar-refractivity contribution in [1.82, 2.24) is 0 Å². The Hall–Kier alpha value is -1.77. The fraction of sp³-hybridized carbons (Fsp3) is 0.308. The predicted octanol–water partition coefficient (Wildman–Crippen LogP) is 1.98. The smallest absolute Gasteiger partial charge is 0.244 e. The van der Waals surface area contributed by atoms with Crippen molar-refractivity contribution in [3.63, 3.8) is 0 Å². The normalized spacial score (nSPS) is 11.6. The lowest BCUT2D eigenvalue weighted by atomic mass is 10.0. The maximum Gasteiger partial charge on any atom is 0.244 e. The Morgan fingerprint density at radius 2 is 1.88 bits per heavy atom. The van der Waals surface area contributed by atoms with Crippen LogP contribution in [0.15, 0.2) is 23.8 Å². The molecule has 0 spiro atoms. The van der Waals surface area contributed by atoms with E-state index >= 15 is 0 Å². The number of carbonyl (C=O) groups excluding carboxylic acids is 1. The first-order chi connectivity index (χ1) is 7.41. The summed E-state index contributed by atoms with van der Waals surface area (Å²) in [6, 6.07) is 3.82. The van der Waals surface area contributed by atoms with Crippen LogP contribution in [0.4, 0.5) is 0 Å². The van der Waals surface area contributed by atoms with Crippen LogP contribution in [0.25, 0.3) is 0 Å². The van der Waals surface area contributed by atoms with Gasteiger partial charge in [-0.05, 0) is 43.9 Å². The van der Waals surface area contributed by atoms with Crippen LogP contribution in [0.2, 0.25) is 0 Å². The first kappa shape index (κ1) is 12.3. The van der Waals surface area contributed by atoms with Crippen molar-refractivity contribution in [2.24, 2.45) is 5.73 Å². The second kappa shape index (κ2) is 4.84. The third-order valence-corrected chi connectivity index (χ3v) is 2.58. The average Bonchev–Trinajstić information content (AvgIpc) is 2.22. The number of benzene rings is 1. The van der Waals surface area contributed by atoms with Crippen molar-refractivity contribution >= 4 is 5.91 Å². The molecule has 0 saturated heterocycles. The van der Waals surface area contributed by atoms with E-state index in [2.05, 4.69) is 0 Å². The molecule has 1 amide bonds. The zero-order chi connectivity index (χ0) is 12.3. The van der Waals surface area contributed by atoms with Crippen LogP contribution >= 0.6 is 0 Å². The summed E-state index contributed by atoms with van der Waals surface area (Å²) in [5.41, 5.74) is 8.45. The molecule has 1 aromatic rings. The van der Waals surface area contributed by atoms with E-state index in [9.17, 15) is 9.90 Å². The van der Waals surface area contributed by atoms with Crippen LogP contribution < -0.4 is 5.73 Å². The molecule has 0 radical (unpaired) electrons. The van der Waals surface area contributed by atoms with Gasteiger partial charge in [-0.15, -0.1) is 0 Å². The molecule has 0 atom stereocenters. The molecule has 0 aliphatic heterocycles. The van der Waals surface area contributed by atoms with Gasteiger partial charge in [0.1, 0.15) is 5.75 Å². The van der Waals surface area contributed by atoms with E-state index < -0.39 is 5.91 Å². The van der Waals surface area contributed by atoms with Crippen molar-refractivity contribution in [3.05, 3.63) is 40.5 Å². The van der Waals surface area contributed by atoms with Crippen LogP contribution in [0.5, 0.6) is 5.75 Å².